The molecule has 0 radical (unpaired) electrons. The van der Waals surface area contributed by atoms with Crippen molar-refractivity contribution in [3.8, 4) is 0 Å². The van der Waals surface area contributed by atoms with Crippen LogP contribution in [0.25, 0.3) is 0 Å². The predicted molar refractivity (Wildman–Crippen MR) is 81.0 cm³/mol. The molecule has 0 aromatic heterocycles. The lowest BCUT2D eigenvalue weighted by Crippen LogP contribution is -2.51. The average Bonchev–Trinajstić information content (AvgIpc) is 2.41. The fourth-order valence-electron chi connectivity index (χ4n) is 3.74. The molecule has 0 spiro atoms. The molecule has 2 amide bonds. The summed E-state index contributed by atoms with van der Waals surface area (Å²) in [5.41, 5.74) is 0.375. The number of aliphatic carboxylic acids is 1. The van der Waals surface area contributed by atoms with E-state index in [-0.39, 0.29) is 18.0 Å². The molecule has 1 heterocycles. The first-order valence-corrected chi connectivity index (χ1v) is 8.07. The third-order valence-electron chi connectivity index (χ3n) is 5.13. The van der Waals surface area contributed by atoms with Gasteiger partial charge in [-0.3, -0.25) is 4.79 Å². The van der Waals surface area contributed by atoms with Gasteiger partial charge in [0.15, 0.2) is 0 Å². The predicted octanol–water partition coefficient (Wildman–Crippen LogP) is 2.71. The van der Waals surface area contributed by atoms with Gasteiger partial charge in [0.1, 0.15) is 0 Å². The van der Waals surface area contributed by atoms with Gasteiger partial charge in [-0.1, -0.05) is 20.8 Å². The fourth-order valence-corrected chi connectivity index (χ4v) is 3.74. The highest BCUT2D eigenvalue weighted by atomic mass is 16.4. The summed E-state index contributed by atoms with van der Waals surface area (Å²) < 4.78 is 0. The van der Waals surface area contributed by atoms with Crippen LogP contribution in [0.3, 0.4) is 0 Å². The number of hydrogen-bond donors (Lipinski definition) is 2. The molecule has 5 nitrogen and oxygen atoms in total. The van der Waals surface area contributed by atoms with Crippen molar-refractivity contribution >= 4 is 12.0 Å². The Kier molecular flexibility index (Phi) is 4.79. The number of hydrogen-bond acceptors (Lipinski definition) is 2. The summed E-state index contributed by atoms with van der Waals surface area (Å²) in [5.74, 6) is -0.532. The van der Waals surface area contributed by atoms with Crippen LogP contribution in [0.15, 0.2) is 0 Å². The summed E-state index contributed by atoms with van der Waals surface area (Å²) in [5, 5.41) is 12.1. The van der Waals surface area contributed by atoms with Gasteiger partial charge in [0, 0.05) is 19.1 Å². The van der Waals surface area contributed by atoms with Gasteiger partial charge in [-0.15, -0.1) is 0 Å². The number of urea groups is 1. The molecule has 0 bridgehead atoms. The molecule has 2 atom stereocenters. The summed E-state index contributed by atoms with van der Waals surface area (Å²) in [4.78, 5) is 25.0. The highest BCUT2D eigenvalue weighted by Gasteiger charge is 2.34. The van der Waals surface area contributed by atoms with Crippen LogP contribution in [0.1, 0.15) is 52.9 Å². The Morgan fingerprint density at radius 3 is 2.33 bits per heavy atom. The largest absolute Gasteiger partial charge is 0.481 e. The first-order chi connectivity index (χ1) is 9.78. The van der Waals surface area contributed by atoms with Crippen molar-refractivity contribution in [2.75, 3.05) is 13.1 Å². The topological polar surface area (TPSA) is 69.6 Å². The van der Waals surface area contributed by atoms with Crippen LogP contribution in [0.5, 0.6) is 0 Å². The van der Waals surface area contributed by atoms with Gasteiger partial charge >= 0.3 is 12.0 Å². The van der Waals surface area contributed by atoms with E-state index in [4.69, 9.17) is 5.11 Å². The molecule has 2 fully saturated rings. The quantitative estimate of drug-likeness (QED) is 0.823. The lowest BCUT2D eigenvalue weighted by atomic mass is 9.70. The molecule has 2 rings (SSSR count). The molecule has 1 saturated carbocycles. The van der Waals surface area contributed by atoms with Crippen LogP contribution in [0.2, 0.25) is 0 Å². The molecular weight excluding hydrogens is 268 g/mol. The molecule has 2 unspecified atom stereocenters. The lowest BCUT2D eigenvalue weighted by Gasteiger charge is -2.40. The Bertz CT molecular complexity index is 400. The van der Waals surface area contributed by atoms with Crippen molar-refractivity contribution in [3.05, 3.63) is 0 Å². The molecule has 1 aliphatic carbocycles. The molecule has 1 saturated heterocycles. The number of carbonyl (C=O) groups is 2. The normalized spacial score (nSPS) is 30.0. The van der Waals surface area contributed by atoms with Crippen LogP contribution >= 0.6 is 0 Å². The van der Waals surface area contributed by atoms with Crippen LogP contribution in [-0.4, -0.2) is 41.1 Å². The number of carbonyl (C=O) groups excluding carboxylic acids is 1. The summed E-state index contributed by atoms with van der Waals surface area (Å²) in [7, 11) is 0. The number of amides is 2. The van der Waals surface area contributed by atoms with E-state index in [2.05, 4.69) is 26.1 Å². The summed E-state index contributed by atoms with van der Waals surface area (Å²) >= 11 is 0. The maximum absolute atomic E-state index is 12.3. The Morgan fingerprint density at radius 2 is 1.81 bits per heavy atom. The maximum Gasteiger partial charge on any atom is 0.317 e. The molecule has 5 heteroatoms. The third kappa shape index (κ3) is 4.11. The van der Waals surface area contributed by atoms with Gasteiger partial charge in [0.2, 0.25) is 0 Å². The minimum absolute atomic E-state index is 0.0182. The van der Waals surface area contributed by atoms with Crippen molar-refractivity contribution in [2.24, 2.45) is 17.3 Å². The van der Waals surface area contributed by atoms with Crippen LogP contribution in [0, 0.1) is 17.3 Å². The van der Waals surface area contributed by atoms with Gasteiger partial charge in [-0.2, -0.15) is 0 Å². The molecule has 2 aliphatic rings. The highest BCUT2D eigenvalue weighted by Crippen LogP contribution is 2.38. The maximum atomic E-state index is 12.3. The van der Waals surface area contributed by atoms with Gasteiger partial charge in [-0.05, 0) is 43.4 Å². The van der Waals surface area contributed by atoms with Gasteiger partial charge < -0.3 is 15.3 Å². The number of carboxylic acid groups (broad SMARTS) is 1. The SMILES string of the molecule is CC1CC(C)(C)CCC1NC(=O)N1CCC(C(=O)O)CC1. The van der Waals surface area contributed by atoms with E-state index in [1.165, 1.54) is 0 Å². The molecule has 0 aromatic carbocycles. The monoisotopic (exact) mass is 296 g/mol. The average molecular weight is 296 g/mol. The van der Waals surface area contributed by atoms with Crippen molar-refractivity contribution in [1.29, 1.82) is 0 Å². The first-order valence-electron chi connectivity index (χ1n) is 8.07. The van der Waals surface area contributed by atoms with E-state index in [1.807, 2.05) is 0 Å². The molecule has 1 aliphatic heterocycles. The number of nitrogens with zero attached hydrogens (tertiary/aromatic N) is 1. The zero-order valence-corrected chi connectivity index (χ0v) is 13.4. The van der Waals surface area contributed by atoms with E-state index >= 15 is 0 Å². The molecule has 21 heavy (non-hydrogen) atoms. The molecule has 2 N–H and O–H groups in total. The van der Waals surface area contributed by atoms with E-state index < -0.39 is 5.97 Å². The third-order valence-corrected chi connectivity index (χ3v) is 5.13. The zero-order valence-electron chi connectivity index (χ0n) is 13.4. The van der Waals surface area contributed by atoms with Gasteiger partial charge in [0.05, 0.1) is 5.92 Å². The van der Waals surface area contributed by atoms with Crippen LogP contribution in [0.4, 0.5) is 4.79 Å². The Hall–Kier alpha value is -1.26. The fraction of sp³-hybridized carbons (Fsp3) is 0.875. The molecule has 120 valence electrons. The molecule has 0 aromatic rings. The second-order valence-corrected chi connectivity index (χ2v) is 7.54. The summed E-state index contributed by atoms with van der Waals surface area (Å²) in [6.07, 6.45) is 4.44. The Morgan fingerprint density at radius 1 is 1.19 bits per heavy atom. The van der Waals surface area contributed by atoms with Gasteiger partial charge in [0.25, 0.3) is 0 Å². The van der Waals surface area contributed by atoms with Crippen molar-refractivity contribution in [2.45, 2.75) is 58.9 Å². The highest BCUT2D eigenvalue weighted by molar-refractivity contribution is 5.75. The summed E-state index contributed by atoms with van der Waals surface area (Å²) in [6, 6.07) is 0.234. The number of nitrogens with one attached hydrogen (secondary N) is 1. The van der Waals surface area contributed by atoms with Crippen molar-refractivity contribution < 1.29 is 14.7 Å². The smallest absolute Gasteiger partial charge is 0.317 e. The molecular formula is C16H28N2O3. The standard InChI is InChI=1S/C16H28N2O3/c1-11-10-16(2,3)7-4-13(11)17-15(21)18-8-5-12(6-9-18)14(19)20/h11-13H,4-10H2,1-3H3,(H,17,21)(H,19,20). The second kappa shape index (κ2) is 6.24. The Balaban J connectivity index is 1.81. The van der Waals surface area contributed by atoms with E-state index in [0.29, 0.717) is 37.3 Å². The number of carboxylic acids is 1. The summed E-state index contributed by atoms with van der Waals surface area (Å²) in [6.45, 7) is 7.89. The number of piperidine rings is 1. The second-order valence-electron chi connectivity index (χ2n) is 7.54. The Labute approximate surface area is 127 Å². The first kappa shape index (κ1) is 16.1. The van der Waals surface area contributed by atoms with Crippen molar-refractivity contribution in [3.63, 3.8) is 0 Å². The number of rotatable bonds is 2. The van der Waals surface area contributed by atoms with E-state index in [9.17, 15) is 9.59 Å². The van der Waals surface area contributed by atoms with Crippen LogP contribution in [-0.2, 0) is 4.79 Å². The van der Waals surface area contributed by atoms with Crippen molar-refractivity contribution in [1.82, 2.24) is 10.2 Å². The minimum atomic E-state index is -0.738. The van der Waals surface area contributed by atoms with Gasteiger partial charge in [-0.25, -0.2) is 4.79 Å². The number of likely N-dealkylation sites (tertiary alicyclic amines) is 1. The van der Waals surface area contributed by atoms with E-state index in [1.54, 1.807) is 4.90 Å². The van der Waals surface area contributed by atoms with Crippen LogP contribution < -0.4 is 5.32 Å². The zero-order chi connectivity index (χ0) is 15.6. The lowest BCUT2D eigenvalue weighted by molar-refractivity contribution is -0.143. The van der Waals surface area contributed by atoms with E-state index in [0.717, 1.165) is 19.3 Å². The minimum Gasteiger partial charge on any atom is -0.481 e.